The van der Waals surface area contributed by atoms with Crippen molar-refractivity contribution in [2.24, 2.45) is 0 Å². The van der Waals surface area contributed by atoms with Crippen LogP contribution in [0.25, 0.3) is 0 Å². The first kappa shape index (κ1) is 18.0. The summed E-state index contributed by atoms with van der Waals surface area (Å²) in [6, 6.07) is 14.3. The van der Waals surface area contributed by atoms with Crippen LogP contribution in [0.5, 0.6) is 0 Å². The predicted octanol–water partition coefficient (Wildman–Crippen LogP) is 2.29. The first-order valence-corrected chi connectivity index (χ1v) is 9.28. The molecule has 0 atom stereocenters. The summed E-state index contributed by atoms with van der Waals surface area (Å²) in [7, 11) is -1.73. The molecule has 2 aromatic rings. The molecule has 2 rings (SSSR count). The number of amides is 1. The minimum atomic E-state index is -3.53. The van der Waals surface area contributed by atoms with E-state index in [1.54, 1.807) is 36.2 Å². The number of hydrogen-bond donors (Lipinski definition) is 1. The molecule has 24 heavy (non-hydrogen) atoms. The van der Waals surface area contributed by atoms with Gasteiger partial charge in [0.25, 0.3) is 0 Å². The number of benzene rings is 2. The van der Waals surface area contributed by atoms with Crippen molar-refractivity contribution in [3.63, 3.8) is 0 Å². The van der Waals surface area contributed by atoms with Gasteiger partial charge in [0, 0.05) is 12.7 Å². The number of nitrogens with zero attached hydrogens (tertiary/aromatic N) is 1. The van der Waals surface area contributed by atoms with Crippen LogP contribution >= 0.6 is 0 Å². The van der Waals surface area contributed by atoms with E-state index >= 15 is 0 Å². The van der Waals surface area contributed by atoms with Gasteiger partial charge in [0.05, 0.1) is 11.4 Å². The Hall–Kier alpha value is -2.34. The molecule has 0 heterocycles. The summed E-state index contributed by atoms with van der Waals surface area (Å²) in [6.45, 7) is 3.94. The maximum absolute atomic E-state index is 12.2. The quantitative estimate of drug-likeness (QED) is 0.871. The molecule has 0 saturated carbocycles. The van der Waals surface area contributed by atoms with Gasteiger partial charge in [-0.25, -0.2) is 8.42 Å². The smallest absolute Gasteiger partial charge is 0.240 e. The Morgan fingerprint density at radius 3 is 2.29 bits per heavy atom. The van der Waals surface area contributed by atoms with Crippen LogP contribution in [0.1, 0.15) is 11.1 Å². The monoisotopic (exact) mass is 346 g/mol. The lowest BCUT2D eigenvalue weighted by atomic mass is 10.2. The molecule has 1 N–H and O–H groups in total. The second-order valence-corrected chi connectivity index (χ2v) is 7.80. The number of carbonyl (C=O) groups excluding carboxylic acids is 1. The standard InChI is InChI=1S/C18H22N2O3S/c1-14-8-10-16(11-9-14)24(22,23)13-19-18(21)12-20(3)17-7-5-4-6-15(17)2/h4-11H,12-13H2,1-3H3,(H,19,21). The molecular formula is C18H22N2O3S. The summed E-state index contributed by atoms with van der Waals surface area (Å²) in [5.74, 6) is -0.743. The molecule has 0 fully saturated rings. The highest BCUT2D eigenvalue weighted by molar-refractivity contribution is 7.91. The molecule has 0 aliphatic rings. The molecule has 5 nitrogen and oxygen atoms in total. The second-order valence-electron chi connectivity index (χ2n) is 5.81. The third kappa shape index (κ3) is 4.58. The van der Waals surface area contributed by atoms with E-state index in [0.29, 0.717) is 0 Å². The van der Waals surface area contributed by atoms with Crippen molar-refractivity contribution < 1.29 is 13.2 Å². The molecule has 2 aromatic carbocycles. The third-order valence-corrected chi connectivity index (χ3v) is 5.26. The Kier molecular flexibility index (Phi) is 5.62. The molecule has 0 aliphatic heterocycles. The molecule has 0 aromatic heterocycles. The first-order chi connectivity index (χ1) is 11.3. The molecule has 0 saturated heterocycles. The van der Waals surface area contributed by atoms with Crippen LogP contribution in [0.15, 0.2) is 53.4 Å². The molecule has 0 spiro atoms. The lowest BCUT2D eigenvalue weighted by molar-refractivity contribution is -0.119. The van der Waals surface area contributed by atoms with Crippen molar-refractivity contribution in [2.75, 3.05) is 24.4 Å². The Morgan fingerprint density at radius 2 is 1.67 bits per heavy atom. The van der Waals surface area contributed by atoms with Gasteiger partial charge in [-0.1, -0.05) is 35.9 Å². The molecule has 0 radical (unpaired) electrons. The number of carbonyl (C=O) groups is 1. The number of nitrogens with one attached hydrogen (secondary N) is 1. The molecule has 0 bridgehead atoms. The van der Waals surface area contributed by atoms with Crippen LogP contribution in [0.4, 0.5) is 5.69 Å². The number of aryl methyl sites for hydroxylation is 2. The zero-order valence-corrected chi connectivity index (χ0v) is 14.9. The van der Waals surface area contributed by atoms with Gasteiger partial charge in [-0.3, -0.25) is 4.79 Å². The minimum absolute atomic E-state index is 0.0915. The lowest BCUT2D eigenvalue weighted by Crippen LogP contribution is -2.38. The molecule has 1 amide bonds. The topological polar surface area (TPSA) is 66.5 Å². The number of anilines is 1. The summed E-state index contributed by atoms with van der Waals surface area (Å²) in [5, 5.41) is 2.49. The molecular weight excluding hydrogens is 324 g/mol. The normalized spacial score (nSPS) is 11.1. The Balaban J connectivity index is 1.95. The van der Waals surface area contributed by atoms with Crippen molar-refractivity contribution in [1.82, 2.24) is 5.32 Å². The van der Waals surface area contributed by atoms with Crippen molar-refractivity contribution in [3.8, 4) is 0 Å². The van der Waals surface area contributed by atoms with E-state index in [2.05, 4.69) is 5.32 Å². The molecule has 128 valence electrons. The fourth-order valence-corrected chi connectivity index (χ4v) is 3.42. The largest absolute Gasteiger partial charge is 0.365 e. The van der Waals surface area contributed by atoms with Gasteiger partial charge < -0.3 is 10.2 Å². The van der Waals surface area contributed by atoms with Crippen LogP contribution in [0, 0.1) is 13.8 Å². The Morgan fingerprint density at radius 1 is 1.04 bits per heavy atom. The predicted molar refractivity (Wildman–Crippen MR) is 95.8 cm³/mol. The maximum atomic E-state index is 12.2. The highest BCUT2D eigenvalue weighted by Gasteiger charge is 2.16. The highest BCUT2D eigenvalue weighted by Crippen LogP contribution is 2.17. The van der Waals surface area contributed by atoms with E-state index in [0.717, 1.165) is 16.8 Å². The van der Waals surface area contributed by atoms with Gasteiger partial charge in [0.1, 0.15) is 5.88 Å². The van der Waals surface area contributed by atoms with E-state index in [1.807, 2.05) is 38.1 Å². The van der Waals surface area contributed by atoms with E-state index in [-0.39, 0.29) is 17.3 Å². The average molecular weight is 346 g/mol. The minimum Gasteiger partial charge on any atom is -0.365 e. The number of sulfone groups is 1. The van der Waals surface area contributed by atoms with Crippen LogP contribution in [-0.2, 0) is 14.6 Å². The van der Waals surface area contributed by atoms with E-state index in [9.17, 15) is 13.2 Å². The summed E-state index contributed by atoms with van der Waals surface area (Å²) < 4.78 is 24.5. The van der Waals surface area contributed by atoms with Gasteiger partial charge in [0.15, 0.2) is 9.84 Å². The van der Waals surface area contributed by atoms with Crippen molar-refractivity contribution in [3.05, 3.63) is 59.7 Å². The van der Waals surface area contributed by atoms with Gasteiger partial charge in [-0.05, 0) is 37.6 Å². The lowest BCUT2D eigenvalue weighted by Gasteiger charge is -2.20. The van der Waals surface area contributed by atoms with Crippen molar-refractivity contribution in [2.45, 2.75) is 18.7 Å². The number of likely N-dealkylation sites (N-methyl/N-ethyl adjacent to an activating group) is 1. The SMILES string of the molecule is Cc1ccc(S(=O)(=O)CNC(=O)CN(C)c2ccccc2C)cc1. The summed E-state index contributed by atoms with van der Waals surface area (Å²) in [4.78, 5) is 14.1. The number of rotatable bonds is 6. The summed E-state index contributed by atoms with van der Waals surface area (Å²) in [5.41, 5.74) is 2.98. The zero-order chi connectivity index (χ0) is 17.7. The van der Waals surface area contributed by atoms with E-state index < -0.39 is 15.7 Å². The molecule has 0 aliphatic carbocycles. The zero-order valence-electron chi connectivity index (χ0n) is 14.1. The molecule has 0 unspecified atom stereocenters. The second kappa shape index (κ2) is 7.49. The Bertz CT molecular complexity index is 814. The van der Waals surface area contributed by atoms with E-state index in [1.165, 1.54) is 0 Å². The van der Waals surface area contributed by atoms with Crippen LogP contribution in [0.2, 0.25) is 0 Å². The Labute approximate surface area is 143 Å². The number of para-hydroxylation sites is 1. The van der Waals surface area contributed by atoms with E-state index in [4.69, 9.17) is 0 Å². The number of hydrogen-bond acceptors (Lipinski definition) is 4. The van der Waals surface area contributed by atoms with Gasteiger partial charge in [-0.15, -0.1) is 0 Å². The van der Waals surface area contributed by atoms with Crippen LogP contribution in [0.3, 0.4) is 0 Å². The first-order valence-electron chi connectivity index (χ1n) is 7.62. The van der Waals surface area contributed by atoms with Gasteiger partial charge in [0.2, 0.25) is 5.91 Å². The van der Waals surface area contributed by atoms with Crippen LogP contribution < -0.4 is 10.2 Å². The average Bonchev–Trinajstić information content (AvgIpc) is 2.54. The highest BCUT2D eigenvalue weighted by atomic mass is 32.2. The van der Waals surface area contributed by atoms with Gasteiger partial charge >= 0.3 is 0 Å². The maximum Gasteiger partial charge on any atom is 0.240 e. The molecule has 6 heteroatoms. The van der Waals surface area contributed by atoms with Crippen molar-refractivity contribution in [1.29, 1.82) is 0 Å². The third-order valence-electron chi connectivity index (χ3n) is 3.75. The fourth-order valence-electron chi connectivity index (χ4n) is 2.35. The fraction of sp³-hybridized carbons (Fsp3) is 0.278. The van der Waals surface area contributed by atoms with Crippen LogP contribution in [-0.4, -0.2) is 33.8 Å². The summed E-state index contributed by atoms with van der Waals surface area (Å²) in [6.07, 6.45) is 0. The summed E-state index contributed by atoms with van der Waals surface area (Å²) >= 11 is 0. The van der Waals surface area contributed by atoms with Crippen molar-refractivity contribution >= 4 is 21.4 Å². The van der Waals surface area contributed by atoms with Gasteiger partial charge in [-0.2, -0.15) is 0 Å².